The Bertz CT molecular complexity index is 653. The van der Waals surface area contributed by atoms with Crippen LogP contribution in [0.25, 0.3) is 0 Å². The molecule has 0 aliphatic heterocycles. The summed E-state index contributed by atoms with van der Waals surface area (Å²) in [6.07, 6.45) is 0.162. The predicted molar refractivity (Wildman–Crippen MR) is 77.2 cm³/mol. The molecule has 0 unspecified atom stereocenters. The second-order valence-electron chi connectivity index (χ2n) is 4.52. The van der Waals surface area contributed by atoms with Crippen LogP contribution in [0, 0.1) is 12.7 Å². The molecular weight excluding hydrogens is 279 g/mol. The van der Waals surface area contributed by atoms with Crippen LogP contribution in [0.1, 0.15) is 21.5 Å². The predicted octanol–water partition coefficient (Wildman–Crippen LogP) is 4.22. The maximum absolute atomic E-state index is 13.2. The normalized spacial score (nSPS) is 10.4. The van der Waals surface area contributed by atoms with E-state index in [1.165, 1.54) is 12.1 Å². The summed E-state index contributed by atoms with van der Waals surface area (Å²) in [5.74, 6) is 0.192. The van der Waals surface area contributed by atoms with E-state index in [0.717, 1.165) is 0 Å². The first-order valence-electron chi connectivity index (χ1n) is 6.13. The molecular formula is C16H14ClFO2. The number of benzene rings is 2. The second kappa shape index (κ2) is 6.06. The highest BCUT2D eigenvalue weighted by atomic mass is 35.5. The molecule has 4 heteroatoms. The second-order valence-corrected chi connectivity index (χ2v) is 4.96. The van der Waals surface area contributed by atoms with Gasteiger partial charge in [-0.3, -0.25) is 4.79 Å². The SMILES string of the molecule is COc1ccc(Cl)cc1CC(=O)c1ccc(F)c(C)c1. The van der Waals surface area contributed by atoms with Crippen molar-refractivity contribution in [2.45, 2.75) is 13.3 Å². The Kier molecular flexibility index (Phi) is 4.40. The molecule has 0 fully saturated rings. The minimum absolute atomic E-state index is 0.103. The van der Waals surface area contributed by atoms with E-state index in [2.05, 4.69) is 0 Å². The summed E-state index contributed by atoms with van der Waals surface area (Å²) in [5, 5.41) is 0.545. The third-order valence-corrected chi connectivity index (χ3v) is 3.31. The third kappa shape index (κ3) is 3.17. The van der Waals surface area contributed by atoms with E-state index >= 15 is 0 Å². The minimum atomic E-state index is -0.318. The van der Waals surface area contributed by atoms with Crippen molar-refractivity contribution >= 4 is 17.4 Å². The van der Waals surface area contributed by atoms with E-state index < -0.39 is 0 Å². The molecule has 2 nitrogen and oxygen atoms in total. The molecule has 0 bridgehead atoms. The molecule has 0 N–H and O–H groups in total. The molecule has 2 aromatic carbocycles. The van der Waals surface area contributed by atoms with Crippen molar-refractivity contribution in [3.05, 3.63) is 63.9 Å². The van der Waals surface area contributed by atoms with Crippen molar-refractivity contribution in [2.75, 3.05) is 7.11 Å². The lowest BCUT2D eigenvalue weighted by Gasteiger charge is -2.09. The quantitative estimate of drug-likeness (QED) is 0.789. The number of carbonyl (C=O) groups is 1. The largest absolute Gasteiger partial charge is 0.496 e. The number of Topliss-reactive ketones (excluding diaryl/α,β-unsaturated/α-hetero) is 1. The fourth-order valence-corrected chi connectivity index (χ4v) is 2.17. The molecule has 20 heavy (non-hydrogen) atoms. The number of hydrogen-bond donors (Lipinski definition) is 0. The van der Waals surface area contributed by atoms with E-state index in [1.807, 2.05) is 0 Å². The highest BCUT2D eigenvalue weighted by Gasteiger charge is 2.12. The fourth-order valence-electron chi connectivity index (χ4n) is 1.98. The molecule has 0 heterocycles. The molecule has 0 spiro atoms. The van der Waals surface area contributed by atoms with Gasteiger partial charge in [-0.15, -0.1) is 0 Å². The Morgan fingerprint density at radius 3 is 2.65 bits per heavy atom. The lowest BCUT2D eigenvalue weighted by Crippen LogP contribution is -2.05. The summed E-state index contributed by atoms with van der Waals surface area (Å²) in [6, 6.07) is 9.47. The Morgan fingerprint density at radius 2 is 2.00 bits per heavy atom. The topological polar surface area (TPSA) is 26.3 Å². The fraction of sp³-hybridized carbons (Fsp3) is 0.188. The number of methoxy groups -OCH3 is 1. The van der Waals surface area contributed by atoms with Crippen molar-refractivity contribution in [2.24, 2.45) is 0 Å². The first-order valence-corrected chi connectivity index (χ1v) is 6.51. The van der Waals surface area contributed by atoms with Gasteiger partial charge in [-0.05, 0) is 48.9 Å². The molecule has 0 amide bonds. The monoisotopic (exact) mass is 292 g/mol. The summed E-state index contributed by atoms with van der Waals surface area (Å²) >= 11 is 5.93. The molecule has 0 aliphatic carbocycles. The highest BCUT2D eigenvalue weighted by Crippen LogP contribution is 2.24. The van der Waals surface area contributed by atoms with Gasteiger partial charge in [-0.1, -0.05) is 11.6 Å². The van der Waals surface area contributed by atoms with Crippen LogP contribution in [-0.2, 0) is 6.42 Å². The van der Waals surface area contributed by atoms with Crippen LogP contribution in [-0.4, -0.2) is 12.9 Å². The average molecular weight is 293 g/mol. The highest BCUT2D eigenvalue weighted by molar-refractivity contribution is 6.30. The van der Waals surface area contributed by atoms with Crippen LogP contribution in [0.15, 0.2) is 36.4 Å². The number of carbonyl (C=O) groups excluding carboxylic acids is 1. The molecule has 0 atom stereocenters. The number of rotatable bonds is 4. The number of aryl methyl sites for hydroxylation is 1. The Labute approximate surface area is 122 Å². The number of hydrogen-bond acceptors (Lipinski definition) is 2. The van der Waals surface area contributed by atoms with Crippen LogP contribution >= 0.6 is 11.6 Å². The standard InChI is InChI=1S/C16H14ClFO2/c1-10-7-11(3-5-14(10)18)15(19)9-12-8-13(17)4-6-16(12)20-2/h3-8H,9H2,1-2H3. The van der Waals surface area contributed by atoms with Crippen molar-refractivity contribution in [1.82, 2.24) is 0 Å². The first kappa shape index (κ1) is 14.5. The van der Waals surface area contributed by atoms with Gasteiger partial charge in [0.15, 0.2) is 5.78 Å². The zero-order valence-corrected chi connectivity index (χ0v) is 12.0. The van der Waals surface area contributed by atoms with E-state index in [4.69, 9.17) is 16.3 Å². The number of ketones is 1. The Balaban J connectivity index is 2.27. The van der Waals surface area contributed by atoms with Gasteiger partial charge in [0.25, 0.3) is 0 Å². The zero-order valence-electron chi connectivity index (χ0n) is 11.2. The van der Waals surface area contributed by atoms with Gasteiger partial charge in [0, 0.05) is 22.6 Å². The van der Waals surface area contributed by atoms with Gasteiger partial charge in [-0.25, -0.2) is 4.39 Å². The first-order chi connectivity index (χ1) is 9.51. The van der Waals surface area contributed by atoms with Gasteiger partial charge < -0.3 is 4.74 Å². The molecule has 0 saturated carbocycles. The maximum atomic E-state index is 13.2. The summed E-state index contributed by atoms with van der Waals surface area (Å²) in [5.41, 5.74) is 1.65. The van der Waals surface area contributed by atoms with Crippen molar-refractivity contribution in [1.29, 1.82) is 0 Å². The van der Waals surface area contributed by atoms with Crippen LogP contribution in [0.2, 0.25) is 5.02 Å². The average Bonchev–Trinajstić information content (AvgIpc) is 2.42. The molecule has 0 radical (unpaired) electrons. The van der Waals surface area contributed by atoms with Gasteiger partial charge >= 0.3 is 0 Å². The zero-order chi connectivity index (χ0) is 14.7. The van der Waals surface area contributed by atoms with Crippen molar-refractivity contribution < 1.29 is 13.9 Å². The maximum Gasteiger partial charge on any atom is 0.167 e. The van der Waals surface area contributed by atoms with Crippen LogP contribution in [0.4, 0.5) is 4.39 Å². The third-order valence-electron chi connectivity index (χ3n) is 3.07. The summed E-state index contributed by atoms with van der Waals surface area (Å²) < 4.78 is 18.4. The van der Waals surface area contributed by atoms with Crippen molar-refractivity contribution in [3.8, 4) is 5.75 Å². The molecule has 0 aliphatic rings. The molecule has 104 valence electrons. The lowest BCUT2D eigenvalue weighted by atomic mass is 10.0. The Morgan fingerprint density at radius 1 is 1.25 bits per heavy atom. The van der Waals surface area contributed by atoms with Gasteiger partial charge in [-0.2, -0.15) is 0 Å². The van der Waals surface area contributed by atoms with E-state index in [0.29, 0.717) is 27.5 Å². The van der Waals surface area contributed by atoms with Gasteiger partial charge in [0.05, 0.1) is 7.11 Å². The van der Waals surface area contributed by atoms with Gasteiger partial charge in [0.1, 0.15) is 11.6 Å². The molecule has 0 aromatic heterocycles. The summed E-state index contributed by atoms with van der Waals surface area (Å²) in [6.45, 7) is 1.63. The lowest BCUT2D eigenvalue weighted by molar-refractivity contribution is 0.0992. The minimum Gasteiger partial charge on any atom is -0.496 e. The van der Waals surface area contributed by atoms with Crippen LogP contribution in [0.3, 0.4) is 0 Å². The summed E-state index contributed by atoms with van der Waals surface area (Å²) in [4.78, 5) is 12.2. The van der Waals surface area contributed by atoms with Crippen LogP contribution < -0.4 is 4.74 Å². The van der Waals surface area contributed by atoms with E-state index in [-0.39, 0.29) is 18.0 Å². The van der Waals surface area contributed by atoms with Gasteiger partial charge in [0.2, 0.25) is 0 Å². The van der Waals surface area contributed by atoms with E-state index in [1.54, 1.807) is 38.3 Å². The molecule has 2 rings (SSSR count). The van der Waals surface area contributed by atoms with E-state index in [9.17, 15) is 9.18 Å². The Hall–Kier alpha value is -1.87. The summed E-state index contributed by atoms with van der Waals surface area (Å²) in [7, 11) is 1.54. The molecule has 2 aromatic rings. The van der Waals surface area contributed by atoms with Crippen molar-refractivity contribution in [3.63, 3.8) is 0 Å². The smallest absolute Gasteiger partial charge is 0.167 e. The number of ether oxygens (including phenoxy) is 1. The van der Waals surface area contributed by atoms with Crippen LogP contribution in [0.5, 0.6) is 5.75 Å². The molecule has 0 saturated heterocycles. The number of halogens is 2.